The number of piperazine rings is 1. The number of benzene rings is 1. The summed E-state index contributed by atoms with van der Waals surface area (Å²) >= 11 is 4.06. The number of aromatic nitrogens is 2. The molecule has 0 aliphatic carbocycles. The number of aryl methyl sites for hydroxylation is 1. The molecule has 0 saturated carbocycles. The summed E-state index contributed by atoms with van der Waals surface area (Å²) < 4.78 is 7.17. The molecule has 0 bridgehead atoms. The Morgan fingerprint density at radius 3 is 2.39 bits per heavy atom. The SMILES string of the molecule is Cc1cc(OC(=O)N2CCN(C(=O)[C@@H](N)CS)CC2)n(-c2ccccc2)n1.Cl. The Bertz CT molecular complexity index is 809. The average Bonchev–Trinajstić information content (AvgIpc) is 3.07. The van der Waals surface area contributed by atoms with Crippen molar-refractivity contribution in [2.75, 3.05) is 31.9 Å². The van der Waals surface area contributed by atoms with E-state index in [1.165, 1.54) is 0 Å². The summed E-state index contributed by atoms with van der Waals surface area (Å²) in [5.41, 5.74) is 7.29. The summed E-state index contributed by atoms with van der Waals surface area (Å²) in [5.74, 6) is 0.513. The second-order valence-electron chi connectivity index (χ2n) is 6.34. The first-order chi connectivity index (χ1) is 13.0. The molecule has 2 N–H and O–H groups in total. The van der Waals surface area contributed by atoms with E-state index >= 15 is 0 Å². The Morgan fingerprint density at radius 1 is 1.18 bits per heavy atom. The van der Waals surface area contributed by atoms with Crippen molar-refractivity contribution in [1.29, 1.82) is 0 Å². The van der Waals surface area contributed by atoms with Gasteiger partial charge in [0, 0.05) is 38.0 Å². The maximum absolute atomic E-state index is 12.5. The van der Waals surface area contributed by atoms with Gasteiger partial charge in [-0.25, -0.2) is 9.48 Å². The second-order valence-corrected chi connectivity index (χ2v) is 6.71. The number of carbonyl (C=O) groups is 2. The van der Waals surface area contributed by atoms with Crippen molar-refractivity contribution in [3.8, 4) is 11.6 Å². The Balaban J connectivity index is 0.00000280. The summed E-state index contributed by atoms with van der Waals surface area (Å²) in [6, 6.07) is 10.6. The van der Waals surface area contributed by atoms with Gasteiger partial charge in [0.05, 0.1) is 17.4 Å². The van der Waals surface area contributed by atoms with Gasteiger partial charge in [-0.15, -0.1) is 12.4 Å². The van der Waals surface area contributed by atoms with Crippen LogP contribution in [0.4, 0.5) is 4.79 Å². The molecule has 1 aromatic carbocycles. The molecule has 0 spiro atoms. The number of nitrogens with zero attached hydrogens (tertiary/aromatic N) is 4. The molecule has 1 saturated heterocycles. The largest absolute Gasteiger partial charge is 0.416 e. The monoisotopic (exact) mass is 425 g/mol. The molecule has 28 heavy (non-hydrogen) atoms. The molecule has 10 heteroatoms. The zero-order valence-electron chi connectivity index (χ0n) is 15.5. The summed E-state index contributed by atoms with van der Waals surface area (Å²) in [6.07, 6.45) is -0.460. The van der Waals surface area contributed by atoms with Crippen molar-refractivity contribution in [1.82, 2.24) is 19.6 Å². The maximum Gasteiger partial charge on any atom is 0.416 e. The normalized spacial score (nSPS) is 15.0. The van der Waals surface area contributed by atoms with E-state index in [0.717, 1.165) is 11.4 Å². The number of carbonyl (C=O) groups excluding carboxylic acids is 2. The summed E-state index contributed by atoms with van der Waals surface area (Å²) in [5, 5.41) is 4.39. The highest BCUT2D eigenvalue weighted by Crippen LogP contribution is 2.20. The third-order valence-corrected chi connectivity index (χ3v) is 4.75. The van der Waals surface area contributed by atoms with E-state index in [1.807, 2.05) is 37.3 Å². The van der Waals surface area contributed by atoms with Gasteiger partial charge in [-0.1, -0.05) is 18.2 Å². The molecule has 0 unspecified atom stereocenters. The molecule has 2 heterocycles. The zero-order chi connectivity index (χ0) is 19.4. The smallest absolute Gasteiger partial charge is 0.391 e. The Labute approximate surface area is 175 Å². The number of nitrogens with two attached hydrogens (primary N) is 1. The molecule has 152 valence electrons. The first-order valence-corrected chi connectivity index (χ1v) is 9.37. The Hall–Kier alpha value is -2.23. The minimum atomic E-state index is -0.616. The lowest BCUT2D eigenvalue weighted by Gasteiger charge is -2.35. The van der Waals surface area contributed by atoms with E-state index in [-0.39, 0.29) is 18.3 Å². The summed E-state index contributed by atoms with van der Waals surface area (Å²) in [4.78, 5) is 27.9. The van der Waals surface area contributed by atoms with E-state index in [9.17, 15) is 9.59 Å². The molecule has 1 aromatic heterocycles. The van der Waals surface area contributed by atoms with Crippen LogP contribution in [0.3, 0.4) is 0 Å². The molecule has 1 aliphatic heterocycles. The highest BCUT2D eigenvalue weighted by molar-refractivity contribution is 7.80. The quantitative estimate of drug-likeness (QED) is 0.724. The number of para-hydroxylation sites is 1. The summed E-state index contributed by atoms with van der Waals surface area (Å²) in [7, 11) is 0. The van der Waals surface area contributed by atoms with Gasteiger partial charge in [-0.3, -0.25) is 4.79 Å². The minimum Gasteiger partial charge on any atom is -0.391 e. The molecule has 3 rings (SSSR count). The molecule has 1 fully saturated rings. The number of amides is 2. The van der Waals surface area contributed by atoms with Crippen LogP contribution >= 0.6 is 25.0 Å². The molecule has 2 aromatic rings. The molecule has 2 amide bonds. The lowest BCUT2D eigenvalue weighted by molar-refractivity contribution is -0.133. The van der Waals surface area contributed by atoms with Gasteiger partial charge in [0.2, 0.25) is 11.8 Å². The van der Waals surface area contributed by atoms with Crippen molar-refractivity contribution in [2.45, 2.75) is 13.0 Å². The third-order valence-electron chi connectivity index (χ3n) is 4.35. The number of thiol groups is 1. The fourth-order valence-corrected chi connectivity index (χ4v) is 3.03. The van der Waals surface area contributed by atoms with Crippen LogP contribution in [0.25, 0.3) is 5.69 Å². The van der Waals surface area contributed by atoms with Crippen molar-refractivity contribution in [3.05, 3.63) is 42.1 Å². The van der Waals surface area contributed by atoms with Crippen LogP contribution in [0.15, 0.2) is 36.4 Å². The first-order valence-electron chi connectivity index (χ1n) is 8.73. The highest BCUT2D eigenvalue weighted by atomic mass is 35.5. The first kappa shape index (κ1) is 22.1. The van der Waals surface area contributed by atoms with E-state index < -0.39 is 12.1 Å². The highest BCUT2D eigenvalue weighted by Gasteiger charge is 2.28. The molecule has 1 aliphatic rings. The number of ether oxygens (including phenoxy) is 1. The lowest BCUT2D eigenvalue weighted by Crippen LogP contribution is -2.55. The van der Waals surface area contributed by atoms with Crippen molar-refractivity contribution >= 4 is 37.0 Å². The Kier molecular flexibility index (Phi) is 7.73. The van der Waals surface area contributed by atoms with Gasteiger partial charge >= 0.3 is 6.09 Å². The predicted octanol–water partition coefficient (Wildman–Crippen LogP) is 1.50. The predicted molar refractivity (Wildman–Crippen MR) is 112 cm³/mol. The standard InChI is InChI=1S/C18H23N5O3S.ClH/c1-13-11-16(23(20-13)14-5-3-2-4-6-14)26-18(25)22-9-7-21(8-10-22)17(24)15(19)12-27;/h2-6,11,15,27H,7-10,12,19H2,1H3;1H/t15-;/m0./s1. The van der Waals surface area contributed by atoms with Gasteiger partial charge in [0.15, 0.2) is 0 Å². The van der Waals surface area contributed by atoms with Gasteiger partial charge in [-0.2, -0.15) is 17.7 Å². The topological polar surface area (TPSA) is 93.7 Å². The van der Waals surface area contributed by atoms with Crippen LogP contribution in [-0.2, 0) is 4.79 Å². The van der Waals surface area contributed by atoms with E-state index in [0.29, 0.717) is 37.8 Å². The third kappa shape index (κ3) is 4.98. The number of halogens is 1. The van der Waals surface area contributed by atoms with Crippen LogP contribution in [0.5, 0.6) is 5.88 Å². The number of hydrogen-bond donors (Lipinski definition) is 2. The maximum atomic E-state index is 12.5. The minimum absolute atomic E-state index is 0. The van der Waals surface area contributed by atoms with Crippen LogP contribution in [0.1, 0.15) is 5.69 Å². The van der Waals surface area contributed by atoms with Gasteiger partial charge in [0.25, 0.3) is 0 Å². The zero-order valence-corrected chi connectivity index (χ0v) is 17.2. The van der Waals surface area contributed by atoms with Gasteiger partial charge < -0.3 is 20.3 Å². The van der Waals surface area contributed by atoms with E-state index in [2.05, 4.69) is 17.7 Å². The van der Waals surface area contributed by atoms with Gasteiger partial charge in [-0.05, 0) is 19.1 Å². The number of hydrogen-bond acceptors (Lipinski definition) is 6. The molecular weight excluding hydrogens is 402 g/mol. The average molecular weight is 426 g/mol. The molecule has 0 radical (unpaired) electrons. The molecule has 8 nitrogen and oxygen atoms in total. The Morgan fingerprint density at radius 2 is 1.79 bits per heavy atom. The number of rotatable bonds is 4. The van der Waals surface area contributed by atoms with Crippen LogP contribution in [0.2, 0.25) is 0 Å². The van der Waals surface area contributed by atoms with Crippen LogP contribution < -0.4 is 10.5 Å². The van der Waals surface area contributed by atoms with E-state index in [4.69, 9.17) is 10.5 Å². The fraction of sp³-hybridized carbons (Fsp3) is 0.389. The van der Waals surface area contributed by atoms with Crippen molar-refractivity contribution < 1.29 is 14.3 Å². The van der Waals surface area contributed by atoms with Crippen LogP contribution in [-0.4, -0.2) is 69.6 Å². The van der Waals surface area contributed by atoms with Gasteiger partial charge in [0.1, 0.15) is 0 Å². The van der Waals surface area contributed by atoms with Crippen molar-refractivity contribution in [3.63, 3.8) is 0 Å². The fourth-order valence-electron chi connectivity index (χ4n) is 2.88. The van der Waals surface area contributed by atoms with Crippen LogP contribution in [0, 0.1) is 6.92 Å². The summed E-state index contributed by atoms with van der Waals surface area (Å²) in [6.45, 7) is 3.47. The molecule has 1 atom stereocenters. The van der Waals surface area contributed by atoms with Crippen molar-refractivity contribution in [2.24, 2.45) is 5.73 Å². The second kappa shape index (κ2) is 9.81. The molecular formula is C18H24ClN5O3S. The lowest BCUT2D eigenvalue weighted by atomic mass is 10.2. The van der Waals surface area contributed by atoms with E-state index in [1.54, 1.807) is 20.5 Å².